The number of halogens is 2. The molecule has 1 aromatic carbocycles. The lowest BCUT2D eigenvalue weighted by atomic mass is 10.3. The fourth-order valence-corrected chi connectivity index (χ4v) is 2.35. The molecule has 1 amide bonds. The molecule has 0 heterocycles. The van der Waals surface area contributed by atoms with Crippen molar-refractivity contribution in [2.75, 3.05) is 14.1 Å². The molecule has 0 aromatic heterocycles. The van der Waals surface area contributed by atoms with E-state index in [1.807, 2.05) is 0 Å². The Hall–Kier alpha value is -1.34. The Kier molecular flexibility index (Phi) is 4.75. The van der Waals surface area contributed by atoms with Crippen LogP contribution in [0.3, 0.4) is 0 Å². The maximum Gasteiger partial charge on any atom is 0.265 e. The molecule has 106 valence electrons. The SMILES string of the molecule is CC(Oc1ccc(F)cc1S(=O)(=O)Cl)C(=O)N(C)C. The van der Waals surface area contributed by atoms with Gasteiger partial charge in [0.15, 0.2) is 6.10 Å². The summed E-state index contributed by atoms with van der Waals surface area (Å²) < 4.78 is 40.9. The standard InChI is InChI=1S/C11H13ClFNO4S/c1-7(11(15)14(2)3)18-9-5-4-8(13)6-10(9)19(12,16)17/h4-7H,1-3H3. The number of carbonyl (C=O) groups excluding carboxylic acids is 1. The van der Waals surface area contributed by atoms with Gasteiger partial charge in [0.1, 0.15) is 16.5 Å². The molecule has 8 heteroatoms. The third-order valence-electron chi connectivity index (χ3n) is 2.26. The van der Waals surface area contributed by atoms with Crippen LogP contribution in [0, 0.1) is 5.82 Å². The molecule has 0 radical (unpaired) electrons. The topological polar surface area (TPSA) is 63.7 Å². The van der Waals surface area contributed by atoms with E-state index in [-0.39, 0.29) is 11.7 Å². The average molecular weight is 310 g/mol. The van der Waals surface area contributed by atoms with Gasteiger partial charge in [0.2, 0.25) is 0 Å². The Morgan fingerprint density at radius 1 is 1.42 bits per heavy atom. The quantitative estimate of drug-likeness (QED) is 0.793. The molecule has 0 aliphatic carbocycles. The highest BCUT2D eigenvalue weighted by molar-refractivity contribution is 8.13. The molecule has 19 heavy (non-hydrogen) atoms. The first-order valence-corrected chi connectivity index (χ1v) is 7.56. The third-order valence-corrected chi connectivity index (χ3v) is 3.60. The van der Waals surface area contributed by atoms with Crippen molar-refractivity contribution in [1.82, 2.24) is 4.90 Å². The second-order valence-electron chi connectivity index (χ2n) is 4.02. The minimum Gasteiger partial charge on any atom is -0.479 e. The Bertz CT molecular complexity index is 588. The highest BCUT2D eigenvalue weighted by Gasteiger charge is 2.23. The number of nitrogens with zero attached hydrogens (tertiary/aromatic N) is 1. The molecule has 0 bridgehead atoms. The van der Waals surface area contributed by atoms with Gasteiger partial charge < -0.3 is 9.64 Å². The molecular weight excluding hydrogens is 297 g/mol. The van der Waals surface area contributed by atoms with Crippen molar-refractivity contribution in [3.05, 3.63) is 24.0 Å². The summed E-state index contributed by atoms with van der Waals surface area (Å²) in [6, 6.07) is 2.88. The second-order valence-corrected chi connectivity index (χ2v) is 6.56. The fourth-order valence-electron chi connectivity index (χ4n) is 1.37. The van der Waals surface area contributed by atoms with Crippen LogP contribution in [0.25, 0.3) is 0 Å². The van der Waals surface area contributed by atoms with Crippen molar-refractivity contribution in [2.24, 2.45) is 0 Å². The molecule has 0 fully saturated rings. The van der Waals surface area contributed by atoms with Crippen molar-refractivity contribution in [3.8, 4) is 5.75 Å². The van der Waals surface area contributed by atoms with Gasteiger partial charge in [-0.2, -0.15) is 0 Å². The zero-order valence-corrected chi connectivity index (χ0v) is 12.1. The summed E-state index contributed by atoms with van der Waals surface area (Å²) in [7, 11) is 4.09. The molecular formula is C11H13ClFNO4S. The minimum atomic E-state index is -4.17. The number of likely N-dealkylation sites (N-methyl/N-ethyl adjacent to an activating group) is 1. The summed E-state index contributed by atoms with van der Waals surface area (Å²) in [6.45, 7) is 1.45. The molecule has 0 spiro atoms. The molecule has 1 aromatic rings. The van der Waals surface area contributed by atoms with Crippen LogP contribution in [0.2, 0.25) is 0 Å². The van der Waals surface area contributed by atoms with Gasteiger partial charge in [-0.1, -0.05) is 0 Å². The van der Waals surface area contributed by atoms with E-state index in [2.05, 4.69) is 0 Å². The second kappa shape index (κ2) is 5.75. The summed E-state index contributed by atoms with van der Waals surface area (Å²) in [4.78, 5) is 12.4. The zero-order valence-electron chi connectivity index (χ0n) is 10.6. The van der Waals surface area contributed by atoms with E-state index in [9.17, 15) is 17.6 Å². The van der Waals surface area contributed by atoms with Gasteiger partial charge in [0.25, 0.3) is 15.0 Å². The van der Waals surface area contributed by atoms with E-state index < -0.39 is 25.9 Å². The molecule has 5 nitrogen and oxygen atoms in total. The van der Waals surface area contributed by atoms with Crippen molar-refractivity contribution in [2.45, 2.75) is 17.9 Å². The van der Waals surface area contributed by atoms with Crippen LogP contribution in [0.4, 0.5) is 4.39 Å². The summed E-state index contributed by atoms with van der Waals surface area (Å²) in [5.74, 6) is -1.29. The van der Waals surface area contributed by atoms with Gasteiger partial charge in [-0.3, -0.25) is 4.79 Å². The van der Waals surface area contributed by atoms with E-state index >= 15 is 0 Å². The average Bonchev–Trinajstić information content (AvgIpc) is 2.28. The van der Waals surface area contributed by atoms with Gasteiger partial charge in [0, 0.05) is 24.8 Å². The van der Waals surface area contributed by atoms with Crippen molar-refractivity contribution >= 4 is 25.6 Å². The maximum absolute atomic E-state index is 13.0. The van der Waals surface area contributed by atoms with E-state index in [1.165, 1.54) is 25.9 Å². The summed E-state index contributed by atoms with van der Waals surface area (Å²) >= 11 is 0. The van der Waals surface area contributed by atoms with E-state index in [1.54, 1.807) is 0 Å². The Labute approximate surface area is 115 Å². The summed E-state index contributed by atoms with van der Waals surface area (Å²) in [5.41, 5.74) is 0. The number of benzene rings is 1. The van der Waals surface area contributed by atoms with Gasteiger partial charge in [0.05, 0.1) is 0 Å². The molecule has 1 rings (SSSR count). The van der Waals surface area contributed by atoms with E-state index in [0.717, 1.165) is 18.2 Å². The summed E-state index contributed by atoms with van der Waals surface area (Å²) in [6.07, 6.45) is -0.919. The number of rotatable bonds is 4. The maximum atomic E-state index is 13.0. The highest BCUT2D eigenvalue weighted by atomic mass is 35.7. The number of carbonyl (C=O) groups is 1. The van der Waals surface area contributed by atoms with Crippen LogP contribution in [-0.4, -0.2) is 39.4 Å². The predicted octanol–water partition coefficient (Wildman–Crippen LogP) is 1.61. The Morgan fingerprint density at radius 2 is 2.00 bits per heavy atom. The largest absolute Gasteiger partial charge is 0.479 e. The molecule has 0 saturated heterocycles. The molecule has 1 unspecified atom stereocenters. The van der Waals surface area contributed by atoms with Gasteiger partial charge in [-0.25, -0.2) is 12.8 Å². The lowest BCUT2D eigenvalue weighted by Crippen LogP contribution is -2.35. The third kappa shape index (κ3) is 4.07. The predicted molar refractivity (Wildman–Crippen MR) is 68.2 cm³/mol. The molecule has 0 aliphatic rings. The Balaban J connectivity index is 3.12. The molecule has 1 atom stereocenters. The Morgan fingerprint density at radius 3 is 2.47 bits per heavy atom. The molecule has 0 aliphatic heterocycles. The van der Waals surface area contributed by atoms with Gasteiger partial charge >= 0.3 is 0 Å². The minimum absolute atomic E-state index is 0.167. The van der Waals surface area contributed by atoms with Crippen molar-refractivity contribution < 1.29 is 22.3 Å². The first-order valence-electron chi connectivity index (χ1n) is 5.25. The van der Waals surface area contributed by atoms with Gasteiger partial charge in [-0.15, -0.1) is 0 Å². The lowest BCUT2D eigenvalue weighted by molar-refractivity contribution is -0.135. The van der Waals surface area contributed by atoms with Crippen molar-refractivity contribution in [3.63, 3.8) is 0 Å². The van der Waals surface area contributed by atoms with E-state index in [0.29, 0.717) is 0 Å². The monoisotopic (exact) mass is 309 g/mol. The van der Waals surface area contributed by atoms with Crippen LogP contribution in [-0.2, 0) is 13.8 Å². The summed E-state index contributed by atoms with van der Waals surface area (Å²) in [5, 5.41) is 0. The molecule has 0 N–H and O–H groups in total. The highest BCUT2D eigenvalue weighted by Crippen LogP contribution is 2.28. The van der Waals surface area contributed by atoms with Crippen LogP contribution in [0.1, 0.15) is 6.92 Å². The fraction of sp³-hybridized carbons (Fsp3) is 0.364. The van der Waals surface area contributed by atoms with Crippen LogP contribution in [0.15, 0.2) is 23.1 Å². The number of ether oxygens (including phenoxy) is 1. The normalized spacial score (nSPS) is 12.9. The lowest BCUT2D eigenvalue weighted by Gasteiger charge is -2.19. The first-order chi connectivity index (χ1) is 8.62. The number of hydrogen-bond acceptors (Lipinski definition) is 4. The number of hydrogen-bond donors (Lipinski definition) is 0. The van der Waals surface area contributed by atoms with Crippen molar-refractivity contribution in [1.29, 1.82) is 0 Å². The van der Waals surface area contributed by atoms with Crippen LogP contribution < -0.4 is 4.74 Å². The first kappa shape index (κ1) is 15.7. The van der Waals surface area contributed by atoms with Crippen LogP contribution >= 0.6 is 10.7 Å². The van der Waals surface area contributed by atoms with Gasteiger partial charge in [-0.05, 0) is 25.1 Å². The van der Waals surface area contributed by atoms with E-state index in [4.69, 9.17) is 15.4 Å². The van der Waals surface area contributed by atoms with Crippen LogP contribution in [0.5, 0.6) is 5.75 Å². The zero-order chi connectivity index (χ0) is 14.8. The number of amides is 1. The molecule has 0 saturated carbocycles. The smallest absolute Gasteiger partial charge is 0.265 e.